The van der Waals surface area contributed by atoms with Crippen LogP contribution in [0.5, 0.6) is 0 Å². The molecule has 0 amide bonds. The van der Waals surface area contributed by atoms with E-state index in [-0.39, 0.29) is 17.1 Å². The van der Waals surface area contributed by atoms with Gasteiger partial charge in [0.1, 0.15) is 18.3 Å². The first-order valence-corrected chi connectivity index (χ1v) is 13.7. The zero-order valence-corrected chi connectivity index (χ0v) is 21.8. The number of hydrogen-bond donors (Lipinski definition) is 5. The highest BCUT2D eigenvalue weighted by atomic mass is 31.2. The molecule has 206 valence electrons. The van der Waals surface area contributed by atoms with E-state index in [1.54, 1.807) is 7.05 Å². The van der Waals surface area contributed by atoms with Crippen LogP contribution in [0, 0.1) is 0 Å². The molecule has 1 fully saturated rings. The second kappa shape index (κ2) is 11.0. The van der Waals surface area contributed by atoms with Crippen LogP contribution in [0.4, 0.5) is 5.95 Å². The van der Waals surface area contributed by atoms with Crippen LogP contribution < -0.4 is 15.0 Å². The number of H-pyrrole nitrogens is 1. The lowest BCUT2D eigenvalue weighted by molar-refractivity contribution is -0.745. The molecule has 3 heterocycles. The van der Waals surface area contributed by atoms with Crippen LogP contribution in [0.2, 0.25) is 0 Å². The predicted octanol–water partition coefficient (Wildman–Crippen LogP) is 0.484. The number of imidazole rings is 1. The summed E-state index contributed by atoms with van der Waals surface area (Å²) < 4.78 is 24.3. The summed E-state index contributed by atoms with van der Waals surface area (Å²) in [5.41, 5.74) is 1.98. The summed E-state index contributed by atoms with van der Waals surface area (Å²) in [5, 5.41) is 21.2. The molecule has 0 radical (unpaired) electrons. The average Bonchev–Trinajstić information content (AvgIpc) is 3.38. The summed E-state index contributed by atoms with van der Waals surface area (Å²) in [5.74, 6) is 0.287. The normalized spacial score (nSPS) is 21.5. The highest BCUT2D eigenvalue weighted by molar-refractivity contribution is 7.46. The van der Waals surface area contributed by atoms with Gasteiger partial charge in [-0.2, -0.15) is 0 Å². The van der Waals surface area contributed by atoms with Gasteiger partial charge in [0, 0.05) is 13.1 Å². The molecular formula is C25H29N5O8P+. The second-order valence-electron chi connectivity index (χ2n) is 9.36. The molecule has 2 aromatic heterocycles. The van der Waals surface area contributed by atoms with Crippen LogP contribution in [0.25, 0.3) is 11.2 Å². The lowest BCUT2D eigenvalue weighted by Gasteiger charge is -2.21. The van der Waals surface area contributed by atoms with E-state index >= 15 is 0 Å². The molecule has 1 aliphatic rings. The fraction of sp³-hybridized carbons (Fsp3) is 0.320. The Morgan fingerprint density at radius 2 is 1.64 bits per heavy atom. The van der Waals surface area contributed by atoms with Crippen LogP contribution in [0.3, 0.4) is 0 Å². The number of phosphoric acid groups is 1. The Kier molecular flexibility index (Phi) is 7.65. The Labute approximate surface area is 222 Å². The largest absolute Gasteiger partial charge is 0.469 e. The van der Waals surface area contributed by atoms with Crippen molar-refractivity contribution >= 4 is 24.9 Å². The number of fused-ring (bicyclic) bond motifs is 1. The van der Waals surface area contributed by atoms with E-state index in [9.17, 15) is 19.6 Å². The minimum Gasteiger partial charge on any atom is -0.387 e. The molecule has 5 N–H and O–H groups in total. The number of aromatic amines is 1. The molecule has 14 heteroatoms. The van der Waals surface area contributed by atoms with E-state index in [0.717, 1.165) is 11.1 Å². The minimum absolute atomic E-state index is 0.190. The number of ether oxygens (including phenoxy) is 1. The van der Waals surface area contributed by atoms with E-state index in [1.165, 1.54) is 15.5 Å². The third-order valence-corrected chi connectivity index (χ3v) is 6.99. The number of benzene rings is 2. The number of rotatable bonds is 9. The fourth-order valence-corrected chi connectivity index (χ4v) is 5.00. The molecule has 39 heavy (non-hydrogen) atoms. The summed E-state index contributed by atoms with van der Waals surface area (Å²) in [6, 6.07) is 19.4. The van der Waals surface area contributed by atoms with Crippen molar-refractivity contribution in [3.05, 3.63) is 88.5 Å². The van der Waals surface area contributed by atoms with Gasteiger partial charge >= 0.3 is 13.5 Å². The van der Waals surface area contributed by atoms with Gasteiger partial charge in [-0.1, -0.05) is 65.6 Å². The molecule has 1 saturated heterocycles. The zero-order valence-electron chi connectivity index (χ0n) is 20.9. The number of hydrogen-bond acceptors (Lipinski definition) is 8. The molecule has 0 spiro atoms. The Morgan fingerprint density at radius 3 is 2.21 bits per heavy atom. The summed E-state index contributed by atoms with van der Waals surface area (Å²) in [4.78, 5) is 40.8. The van der Waals surface area contributed by atoms with Gasteiger partial charge in [-0.15, -0.1) is 0 Å². The number of anilines is 1. The third-order valence-electron chi connectivity index (χ3n) is 6.51. The Hall–Kier alpha value is -3.42. The summed E-state index contributed by atoms with van der Waals surface area (Å²) in [6.07, 6.45) is -3.91. The molecule has 2 aromatic carbocycles. The van der Waals surface area contributed by atoms with Crippen molar-refractivity contribution in [2.75, 3.05) is 11.5 Å². The molecule has 5 rings (SSSR count). The van der Waals surface area contributed by atoms with Crippen molar-refractivity contribution in [1.82, 2.24) is 14.5 Å². The Balaban J connectivity index is 1.53. The van der Waals surface area contributed by atoms with Crippen molar-refractivity contribution in [2.24, 2.45) is 7.05 Å². The number of nitrogens with zero attached hydrogens (tertiary/aromatic N) is 4. The highest BCUT2D eigenvalue weighted by Gasteiger charge is 2.47. The van der Waals surface area contributed by atoms with Crippen molar-refractivity contribution in [3.8, 4) is 0 Å². The van der Waals surface area contributed by atoms with Crippen LogP contribution in [0.1, 0.15) is 17.4 Å². The van der Waals surface area contributed by atoms with Crippen molar-refractivity contribution < 1.29 is 38.4 Å². The van der Waals surface area contributed by atoms with Crippen LogP contribution in [0.15, 0.2) is 71.8 Å². The first kappa shape index (κ1) is 27.2. The van der Waals surface area contributed by atoms with Gasteiger partial charge < -0.3 is 29.6 Å². The fourth-order valence-electron chi connectivity index (χ4n) is 4.66. The van der Waals surface area contributed by atoms with E-state index in [1.807, 2.05) is 65.6 Å². The van der Waals surface area contributed by atoms with Crippen LogP contribution in [-0.2, 0) is 34.0 Å². The number of aliphatic hydroxyl groups excluding tert-OH is 2. The summed E-state index contributed by atoms with van der Waals surface area (Å²) in [6.45, 7) is 0.242. The Morgan fingerprint density at radius 1 is 1.05 bits per heavy atom. The molecule has 4 aromatic rings. The number of nitrogens with one attached hydrogen (secondary N) is 1. The molecule has 0 bridgehead atoms. The first-order chi connectivity index (χ1) is 18.6. The maximum atomic E-state index is 13.3. The standard InChI is InChI=1S/C25H28N5O8P/c1-28-15-30(24-21(32)20(31)18(38-24)14-37-39(34,35)36)22-19(28)23(33)27-25(26-22)29(12-16-8-4-2-5-9-16)13-17-10-6-3-7-11-17/h2-11,15,18,20-21,24,31-32H,12-14H2,1H3,(H2-,26,27,33,34,35,36)/p+1/t18-,20-,21-,24-/m1/s1. The molecule has 1 aliphatic heterocycles. The smallest absolute Gasteiger partial charge is 0.387 e. The van der Waals surface area contributed by atoms with Gasteiger partial charge in [-0.3, -0.25) is 18.9 Å². The van der Waals surface area contributed by atoms with Gasteiger partial charge in [-0.05, 0) is 11.1 Å². The van der Waals surface area contributed by atoms with Gasteiger partial charge in [0.25, 0.3) is 11.5 Å². The topological polar surface area (TPSA) is 174 Å². The van der Waals surface area contributed by atoms with Gasteiger partial charge in [0.15, 0.2) is 6.33 Å². The van der Waals surface area contributed by atoms with Crippen LogP contribution >= 0.6 is 7.82 Å². The monoisotopic (exact) mass is 558 g/mol. The number of aromatic nitrogens is 4. The maximum absolute atomic E-state index is 13.3. The van der Waals surface area contributed by atoms with E-state index in [0.29, 0.717) is 13.1 Å². The first-order valence-electron chi connectivity index (χ1n) is 12.2. The van der Waals surface area contributed by atoms with Crippen molar-refractivity contribution in [1.29, 1.82) is 0 Å². The predicted molar refractivity (Wildman–Crippen MR) is 138 cm³/mol. The third kappa shape index (κ3) is 5.94. The molecule has 0 aliphatic carbocycles. The van der Waals surface area contributed by atoms with Crippen molar-refractivity contribution in [2.45, 2.75) is 37.6 Å². The summed E-state index contributed by atoms with van der Waals surface area (Å²) >= 11 is 0. The number of aryl methyl sites for hydroxylation is 1. The molecule has 4 atom stereocenters. The number of aliphatic hydroxyl groups is 2. The highest BCUT2D eigenvalue weighted by Crippen LogP contribution is 2.37. The van der Waals surface area contributed by atoms with Crippen LogP contribution in [-0.4, -0.2) is 59.5 Å². The lowest BCUT2D eigenvalue weighted by Crippen LogP contribution is -2.46. The zero-order chi connectivity index (χ0) is 27.7. The average molecular weight is 559 g/mol. The molecule has 0 saturated carbocycles. The quantitative estimate of drug-likeness (QED) is 0.144. The lowest BCUT2D eigenvalue weighted by atomic mass is 10.1. The van der Waals surface area contributed by atoms with Crippen molar-refractivity contribution in [3.63, 3.8) is 0 Å². The van der Waals surface area contributed by atoms with E-state index in [2.05, 4.69) is 9.51 Å². The van der Waals surface area contributed by atoms with E-state index < -0.39 is 44.5 Å². The van der Waals surface area contributed by atoms with E-state index in [4.69, 9.17) is 19.5 Å². The second-order valence-corrected chi connectivity index (χ2v) is 10.6. The summed E-state index contributed by atoms with van der Waals surface area (Å²) in [7, 11) is -3.19. The van der Waals surface area contributed by atoms with Gasteiger partial charge in [0.2, 0.25) is 11.7 Å². The maximum Gasteiger partial charge on any atom is 0.469 e. The molecular weight excluding hydrogens is 529 g/mol. The molecule has 13 nitrogen and oxygen atoms in total. The van der Waals surface area contributed by atoms with Gasteiger partial charge in [-0.25, -0.2) is 9.13 Å². The number of phosphoric ester groups is 1. The SMILES string of the molecule is Cn1c[n+]([C@@H]2O[C@H](COP(=O)(O)O)[C@@H](O)[C@H]2O)c2nc(N(Cc3ccccc3)Cc3ccccc3)[nH]c(=O)c21. The van der Waals surface area contributed by atoms with Gasteiger partial charge in [0.05, 0.1) is 13.7 Å². The Bertz CT molecular complexity index is 1500. The molecule has 0 unspecified atom stereocenters. The minimum atomic E-state index is -4.82.